The number of carbonyl (C=O) groups excluding carboxylic acids is 1. The first-order valence-electron chi connectivity index (χ1n) is 19.5. The first-order valence-corrected chi connectivity index (χ1v) is 21.6. The van der Waals surface area contributed by atoms with Crippen molar-refractivity contribution in [1.82, 2.24) is 0 Å². The quantitative estimate of drug-likeness (QED) is 0.0573. The Kier molecular flexibility index (Phi) is 12.6. The maximum Gasteiger partial charge on any atom is 0.312 e. The van der Waals surface area contributed by atoms with Crippen molar-refractivity contribution < 1.29 is 23.4 Å². The Morgan fingerprint density at radius 3 is 1.63 bits per heavy atom. The molecule has 5 nitrogen and oxygen atoms in total. The molecule has 1 heterocycles. The van der Waals surface area contributed by atoms with E-state index in [9.17, 15) is 4.79 Å². The molecular formula is C48H56O5Si. The highest BCUT2D eigenvalue weighted by Crippen LogP contribution is 2.49. The predicted molar refractivity (Wildman–Crippen MR) is 220 cm³/mol. The van der Waals surface area contributed by atoms with Crippen molar-refractivity contribution in [2.24, 2.45) is 5.92 Å². The van der Waals surface area contributed by atoms with Crippen LogP contribution in [0.15, 0.2) is 140 Å². The van der Waals surface area contributed by atoms with Crippen LogP contribution >= 0.6 is 0 Å². The second kappa shape index (κ2) is 17.3. The molecule has 0 unspecified atom stereocenters. The molecular weight excluding hydrogens is 685 g/mol. The maximum atomic E-state index is 14.2. The van der Waals surface area contributed by atoms with Gasteiger partial charge in [-0.3, -0.25) is 4.79 Å². The number of methoxy groups -OCH3 is 1. The number of rotatable bonds is 16. The molecule has 54 heavy (non-hydrogen) atoms. The standard InChI is InChI=1S/C48H56O5Si/c1-34(2)54(35(3)4,36(5)6)53-46(39-29-28-38(45(31-39)50-7)30-37-20-12-8-13-21-37)44-32-43(52-47(44)49)33-51-48(40-22-14-9-15-23-40,41-24-16-10-17-25-41)42-26-18-11-19-27-42/h8-29,31,34-36,43-44,46H,30,32-33H2,1-7H3/t43-,44-,46-/m0/s1. The Labute approximate surface area is 323 Å². The molecule has 0 spiro atoms. The van der Waals surface area contributed by atoms with Crippen LogP contribution in [0.4, 0.5) is 0 Å². The van der Waals surface area contributed by atoms with Crippen molar-refractivity contribution >= 4 is 14.3 Å². The molecule has 0 N–H and O–H groups in total. The fraction of sp³-hybridized carbons (Fsp3) is 0.354. The third kappa shape index (κ3) is 7.98. The summed E-state index contributed by atoms with van der Waals surface area (Å²) in [6.45, 7) is 13.9. The fourth-order valence-corrected chi connectivity index (χ4v) is 14.5. The molecule has 1 saturated heterocycles. The Hall–Kier alpha value is -4.49. The van der Waals surface area contributed by atoms with Crippen molar-refractivity contribution in [3.05, 3.63) is 173 Å². The van der Waals surface area contributed by atoms with E-state index in [1.54, 1.807) is 7.11 Å². The van der Waals surface area contributed by atoms with Gasteiger partial charge in [-0.15, -0.1) is 0 Å². The highest BCUT2D eigenvalue weighted by atomic mass is 28.4. The number of benzene rings is 5. The zero-order chi connectivity index (χ0) is 38.3. The lowest BCUT2D eigenvalue weighted by Crippen LogP contribution is -2.49. The summed E-state index contributed by atoms with van der Waals surface area (Å²) in [6.07, 6.45) is 0.264. The van der Waals surface area contributed by atoms with Crippen LogP contribution in [0.5, 0.6) is 5.75 Å². The van der Waals surface area contributed by atoms with Gasteiger partial charge in [-0.2, -0.15) is 0 Å². The number of ether oxygens (including phenoxy) is 3. The smallest absolute Gasteiger partial charge is 0.312 e. The van der Waals surface area contributed by atoms with Crippen molar-refractivity contribution in [1.29, 1.82) is 0 Å². The van der Waals surface area contributed by atoms with Crippen LogP contribution < -0.4 is 4.74 Å². The van der Waals surface area contributed by atoms with Gasteiger partial charge in [0.25, 0.3) is 0 Å². The van der Waals surface area contributed by atoms with E-state index in [4.69, 9.17) is 18.6 Å². The lowest BCUT2D eigenvalue weighted by molar-refractivity contribution is -0.149. The van der Waals surface area contributed by atoms with Crippen LogP contribution in [0.3, 0.4) is 0 Å². The third-order valence-electron chi connectivity index (χ3n) is 11.4. The third-order valence-corrected chi connectivity index (χ3v) is 17.5. The van der Waals surface area contributed by atoms with Crippen molar-refractivity contribution in [2.75, 3.05) is 13.7 Å². The van der Waals surface area contributed by atoms with Crippen LogP contribution in [-0.2, 0) is 30.7 Å². The first-order chi connectivity index (χ1) is 26.1. The van der Waals surface area contributed by atoms with Gasteiger partial charge in [-0.25, -0.2) is 0 Å². The van der Waals surface area contributed by atoms with Gasteiger partial charge in [0.15, 0.2) is 0 Å². The van der Waals surface area contributed by atoms with E-state index in [2.05, 4.69) is 120 Å². The lowest BCUT2D eigenvalue weighted by atomic mass is 9.80. The Balaban J connectivity index is 1.36. The number of carbonyl (C=O) groups is 1. The molecule has 0 amide bonds. The summed E-state index contributed by atoms with van der Waals surface area (Å²) < 4.78 is 27.0. The van der Waals surface area contributed by atoms with Crippen LogP contribution in [0, 0.1) is 5.92 Å². The predicted octanol–water partition coefficient (Wildman–Crippen LogP) is 11.5. The van der Waals surface area contributed by atoms with Crippen molar-refractivity contribution in [2.45, 2.75) is 88.8 Å². The summed E-state index contributed by atoms with van der Waals surface area (Å²) in [5.74, 6) is 0.0382. The van der Waals surface area contributed by atoms with Crippen LogP contribution in [-0.4, -0.2) is 34.1 Å². The van der Waals surface area contributed by atoms with E-state index in [-0.39, 0.29) is 12.6 Å². The molecule has 1 fully saturated rings. The normalized spacial score (nSPS) is 16.9. The number of hydrogen-bond donors (Lipinski definition) is 0. The summed E-state index contributed by atoms with van der Waals surface area (Å²) in [6, 6.07) is 47.7. The van der Waals surface area contributed by atoms with Crippen LogP contribution in [0.2, 0.25) is 16.6 Å². The molecule has 6 heteroatoms. The fourth-order valence-electron chi connectivity index (χ4n) is 8.93. The van der Waals surface area contributed by atoms with Crippen LogP contribution in [0.25, 0.3) is 0 Å². The van der Waals surface area contributed by atoms with E-state index in [1.807, 2.05) is 60.7 Å². The zero-order valence-corrected chi connectivity index (χ0v) is 33.9. The summed E-state index contributed by atoms with van der Waals surface area (Å²) in [4.78, 5) is 14.2. The molecule has 5 aromatic carbocycles. The highest BCUT2D eigenvalue weighted by Gasteiger charge is 2.51. The molecule has 0 saturated carbocycles. The minimum atomic E-state index is -2.46. The molecule has 0 aromatic heterocycles. The second-order valence-electron chi connectivity index (χ2n) is 15.6. The van der Waals surface area contributed by atoms with Gasteiger partial charge in [0, 0.05) is 12.8 Å². The van der Waals surface area contributed by atoms with Gasteiger partial charge >= 0.3 is 5.97 Å². The Morgan fingerprint density at radius 2 is 1.17 bits per heavy atom. The van der Waals surface area contributed by atoms with Crippen molar-refractivity contribution in [3.63, 3.8) is 0 Å². The van der Waals surface area contributed by atoms with Gasteiger partial charge in [0.2, 0.25) is 8.32 Å². The monoisotopic (exact) mass is 740 g/mol. The number of cyclic esters (lactones) is 1. The minimum absolute atomic E-state index is 0.216. The molecule has 5 aromatic rings. The van der Waals surface area contributed by atoms with Gasteiger partial charge in [-0.1, -0.05) is 175 Å². The molecule has 0 bridgehead atoms. The molecule has 1 aliphatic rings. The molecule has 282 valence electrons. The first kappa shape index (κ1) is 39.2. The van der Waals surface area contributed by atoms with E-state index >= 15 is 0 Å². The molecule has 6 rings (SSSR count). The summed E-state index contributed by atoms with van der Waals surface area (Å²) in [5.41, 5.74) is 6.35. The van der Waals surface area contributed by atoms with Gasteiger partial charge in [0.1, 0.15) is 17.5 Å². The molecule has 1 aliphatic heterocycles. The maximum absolute atomic E-state index is 14.2. The van der Waals surface area contributed by atoms with E-state index in [0.717, 1.165) is 40.0 Å². The van der Waals surface area contributed by atoms with E-state index < -0.39 is 32.0 Å². The Bertz CT molecular complexity index is 1810. The molecule has 3 atom stereocenters. The van der Waals surface area contributed by atoms with Crippen LogP contribution in [0.1, 0.15) is 87.4 Å². The minimum Gasteiger partial charge on any atom is -0.496 e. The highest BCUT2D eigenvalue weighted by molar-refractivity contribution is 6.77. The molecule has 0 radical (unpaired) electrons. The zero-order valence-electron chi connectivity index (χ0n) is 32.9. The van der Waals surface area contributed by atoms with E-state index in [1.165, 1.54) is 5.56 Å². The lowest BCUT2D eigenvalue weighted by Gasteiger charge is -2.45. The van der Waals surface area contributed by atoms with Gasteiger partial charge in [-0.05, 0) is 56.1 Å². The summed E-state index contributed by atoms with van der Waals surface area (Å²) >= 11 is 0. The average Bonchev–Trinajstić information content (AvgIpc) is 3.56. The topological polar surface area (TPSA) is 54.0 Å². The summed E-state index contributed by atoms with van der Waals surface area (Å²) in [7, 11) is -0.738. The average molecular weight is 741 g/mol. The number of hydrogen-bond acceptors (Lipinski definition) is 5. The van der Waals surface area contributed by atoms with Crippen molar-refractivity contribution in [3.8, 4) is 5.75 Å². The summed E-state index contributed by atoms with van der Waals surface area (Å²) in [5, 5.41) is 0. The van der Waals surface area contributed by atoms with E-state index in [0.29, 0.717) is 23.0 Å². The SMILES string of the molecule is COc1cc([C@H](O[Si](C(C)C)(C(C)C)C(C)C)[C@@H]2C[C@@H](COC(c3ccccc3)(c3ccccc3)c3ccccc3)OC2=O)ccc1Cc1ccccc1. The number of esters is 1. The van der Waals surface area contributed by atoms with Gasteiger partial charge < -0.3 is 18.6 Å². The second-order valence-corrected chi connectivity index (χ2v) is 21.0. The van der Waals surface area contributed by atoms with Gasteiger partial charge in [0.05, 0.1) is 25.7 Å². The largest absolute Gasteiger partial charge is 0.496 e. The Morgan fingerprint density at radius 1 is 0.685 bits per heavy atom. The molecule has 0 aliphatic carbocycles.